The van der Waals surface area contributed by atoms with Crippen LogP contribution in [0, 0.1) is 0 Å². The van der Waals surface area contributed by atoms with Crippen LogP contribution in [0.2, 0.25) is 0 Å². The van der Waals surface area contributed by atoms with E-state index in [1.54, 1.807) is 0 Å². The first kappa shape index (κ1) is 12.0. The van der Waals surface area contributed by atoms with E-state index in [1.165, 1.54) is 0 Å². The number of fused-ring (bicyclic) bond motifs is 6. The highest BCUT2D eigenvalue weighted by Crippen LogP contribution is 2.42. The summed E-state index contributed by atoms with van der Waals surface area (Å²) < 4.78 is 0. The van der Waals surface area contributed by atoms with Gasteiger partial charge in [0.05, 0.1) is 19.3 Å². The zero-order chi connectivity index (χ0) is 15.0. The van der Waals surface area contributed by atoms with Crippen molar-refractivity contribution in [2.45, 2.75) is 19.3 Å². The van der Waals surface area contributed by atoms with Crippen molar-refractivity contribution in [2.75, 3.05) is 0 Å². The van der Waals surface area contributed by atoms with Crippen LogP contribution in [0.25, 0.3) is 0 Å². The van der Waals surface area contributed by atoms with E-state index in [0.717, 1.165) is 0 Å². The lowest BCUT2D eigenvalue weighted by molar-refractivity contribution is 0.0897. The molecule has 0 fully saturated rings. The molecule has 0 aliphatic heterocycles. The summed E-state index contributed by atoms with van der Waals surface area (Å²) in [6.45, 7) is 0. The SMILES string of the molecule is O=C1CC(=O)c2c1c1c(c3c2C(=O)CC3=O)C(=O)CC1=O. The highest BCUT2D eigenvalue weighted by Gasteiger charge is 2.47. The van der Waals surface area contributed by atoms with Crippen LogP contribution in [-0.4, -0.2) is 34.7 Å². The van der Waals surface area contributed by atoms with Crippen molar-refractivity contribution >= 4 is 34.7 Å². The van der Waals surface area contributed by atoms with Crippen LogP contribution in [0.4, 0.5) is 0 Å². The smallest absolute Gasteiger partial charge is 0.172 e. The number of carbonyl (C=O) groups is 6. The van der Waals surface area contributed by atoms with E-state index < -0.39 is 54.0 Å². The molecule has 0 unspecified atom stereocenters. The van der Waals surface area contributed by atoms with Crippen LogP contribution < -0.4 is 0 Å². The van der Waals surface area contributed by atoms with Crippen LogP contribution in [0.5, 0.6) is 0 Å². The zero-order valence-corrected chi connectivity index (χ0v) is 10.6. The van der Waals surface area contributed by atoms with Gasteiger partial charge in [-0.25, -0.2) is 0 Å². The van der Waals surface area contributed by atoms with E-state index in [-0.39, 0.29) is 33.4 Å². The Bertz CT molecular complexity index is 668. The first-order valence-electron chi connectivity index (χ1n) is 6.35. The van der Waals surface area contributed by atoms with Gasteiger partial charge >= 0.3 is 0 Å². The molecule has 21 heavy (non-hydrogen) atoms. The molecule has 4 rings (SSSR count). The third kappa shape index (κ3) is 1.22. The lowest BCUT2D eigenvalue weighted by Gasteiger charge is -2.09. The molecule has 6 heteroatoms. The van der Waals surface area contributed by atoms with E-state index in [9.17, 15) is 28.8 Å². The molecule has 0 amide bonds. The quantitative estimate of drug-likeness (QED) is 0.657. The zero-order valence-electron chi connectivity index (χ0n) is 10.6. The number of rotatable bonds is 0. The molecule has 1 aromatic rings. The summed E-state index contributed by atoms with van der Waals surface area (Å²) >= 11 is 0. The summed E-state index contributed by atoms with van der Waals surface area (Å²) in [5, 5.41) is 0. The van der Waals surface area contributed by atoms with Gasteiger partial charge in [-0.1, -0.05) is 0 Å². The molecular weight excluding hydrogens is 276 g/mol. The molecule has 1 aromatic carbocycles. The normalized spacial score (nSPS) is 19.4. The van der Waals surface area contributed by atoms with E-state index in [0.29, 0.717) is 0 Å². The lowest BCUT2D eigenvalue weighted by Crippen LogP contribution is -2.12. The van der Waals surface area contributed by atoms with Gasteiger partial charge in [0, 0.05) is 33.4 Å². The maximum Gasteiger partial charge on any atom is 0.172 e. The van der Waals surface area contributed by atoms with Gasteiger partial charge in [-0.3, -0.25) is 28.8 Å². The van der Waals surface area contributed by atoms with Crippen LogP contribution in [-0.2, 0) is 0 Å². The average Bonchev–Trinajstić information content (AvgIpc) is 2.96. The maximum atomic E-state index is 12.0. The van der Waals surface area contributed by atoms with Gasteiger partial charge in [0.15, 0.2) is 34.7 Å². The predicted octanol–water partition coefficient (Wildman–Crippen LogP) is 0.994. The fourth-order valence-corrected chi connectivity index (χ4v) is 3.39. The van der Waals surface area contributed by atoms with Crippen molar-refractivity contribution in [2.24, 2.45) is 0 Å². The fraction of sp³-hybridized carbons (Fsp3) is 0.200. The summed E-state index contributed by atoms with van der Waals surface area (Å²) in [7, 11) is 0. The largest absolute Gasteiger partial charge is 0.294 e. The Morgan fingerprint density at radius 2 is 0.476 bits per heavy atom. The highest BCUT2D eigenvalue weighted by molar-refractivity contribution is 6.41. The molecule has 0 bridgehead atoms. The van der Waals surface area contributed by atoms with E-state index in [1.807, 2.05) is 0 Å². The standard InChI is InChI=1S/C15H6O6/c16-4-1-5(17)11-10(4)12-6(18)2-8(20)14(12)15-9(21)3-7(19)13(11)15/h1-3H2. The van der Waals surface area contributed by atoms with Crippen molar-refractivity contribution in [1.29, 1.82) is 0 Å². The van der Waals surface area contributed by atoms with E-state index in [4.69, 9.17) is 0 Å². The molecule has 0 saturated heterocycles. The minimum atomic E-state index is -0.566. The summed E-state index contributed by atoms with van der Waals surface area (Å²) in [5.41, 5.74) is -0.791. The molecule has 3 aliphatic carbocycles. The molecule has 102 valence electrons. The predicted molar refractivity (Wildman–Crippen MR) is 66.3 cm³/mol. The number of hydrogen-bond acceptors (Lipinski definition) is 6. The third-order valence-corrected chi connectivity index (χ3v) is 4.14. The van der Waals surface area contributed by atoms with Gasteiger partial charge in [-0.2, -0.15) is 0 Å². The van der Waals surface area contributed by atoms with Crippen LogP contribution >= 0.6 is 0 Å². The number of hydrogen-bond donors (Lipinski definition) is 0. The van der Waals surface area contributed by atoms with Crippen LogP contribution in [0.3, 0.4) is 0 Å². The van der Waals surface area contributed by atoms with Crippen LogP contribution in [0.15, 0.2) is 0 Å². The molecule has 6 nitrogen and oxygen atoms in total. The monoisotopic (exact) mass is 282 g/mol. The Balaban J connectivity index is 2.28. The summed E-state index contributed by atoms with van der Waals surface area (Å²) in [4.78, 5) is 72.0. The van der Waals surface area contributed by atoms with Gasteiger partial charge in [-0.15, -0.1) is 0 Å². The minimum absolute atomic E-state index is 0.132. The molecule has 0 aromatic heterocycles. The van der Waals surface area contributed by atoms with Crippen LogP contribution in [0.1, 0.15) is 81.4 Å². The third-order valence-electron chi connectivity index (χ3n) is 4.14. The summed E-state index contributed by atoms with van der Waals surface area (Å²) in [5.74, 6) is -3.39. The number of carbonyl (C=O) groups excluding carboxylic acids is 6. The molecule has 0 atom stereocenters. The molecule has 3 aliphatic rings. The second-order valence-corrected chi connectivity index (χ2v) is 5.32. The average molecular weight is 282 g/mol. The summed E-state index contributed by atoms with van der Waals surface area (Å²) in [6, 6.07) is 0. The van der Waals surface area contributed by atoms with Crippen molar-refractivity contribution in [1.82, 2.24) is 0 Å². The second-order valence-electron chi connectivity index (χ2n) is 5.32. The Kier molecular flexibility index (Phi) is 1.98. The van der Waals surface area contributed by atoms with Gasteiger partial charge < -0.3 is 0 Å². The number of Topliss-reactive ketones (excluding diaryl/α,β-unsaturated/α-hetero) is 6. The number of ketones is 6. The molecular formula is C15H6O6. The maximum absolute atomic E-state index is 12.0. The first-order chi connectivity index (χ1) is 9.91. The molecule has 0 spiro atoms. The Morgan fingerprint density at radius 3 is 0.619 bits per heavy atom. The first-order valence-corrected chi connectivity index (χ1v) is 6.35. The molecule has 0 saturated carbocycles. The van der Waals surface area contributed by atoms with Gasteiger partial charge in [0.1, 0.15) is 0 Å². The lowest BCUT2D eigenvalue weighted by atomic mass is 9.89. The van der Waals surface area contributed by atoms with Crippen molar-refractivity contribution in [3.05, 3.63) is 33.4 Å². The van der Waals surface area contributed by atoms with Crippen molar-refractivity contribution in [3.8, 4) is 0 Å². The van der Waals surface area contributed by atoms with Gasteiger partial charge in [0.2, 0.25) is 0 Å². The van der Waals surface area contributed by atoms with E-state index in [2.05, 4.69) is 0 Å². The van der Waals surface area contributed by atoms with Gasteiger partial charge in [0.25, 0.3) is 0 Å². The van der Waals surface area contributed by atoms with E-state index >= 15 is 0 Å². The molecule has 0 N–H and O–H groups in total. The topological polar surface area (TPSA) is 102 Å². The minimum Gasteiger partial charge on any atom is -0.294 e. The highest BCUT2D eigenvalue weighted by atomic mass is 16.2. The molecule has 0 radical (unpaired) electrons. The van der Waals surface area contributed by atoms with Gasteiger partial charge in [-0.05, 0) is 0 Å². The van der Waals surface area contributed by atoms with Crippen molar-refractivity contribution < 1.29 is 28.8 Å². The fourth-order valence-electron chi connectivity index (χ4n) is 3.39. The second kappa shape index (κ2) is 3.46. The Hall–Kier alpha value is -2.76. The summed E-state index contributed by atoms with van der Waals surface area (Å²) in [6.07, 6.45) is -1.29. The Labute approximate surface area is 117 Å². The number of benzene rings is 1. The Morgan fingerprint density at radius 1 is 0.333 bits per heavy atom. The molecule has 0 heterocycles. The van der Waals surface area contributed by atoms with Crippen molar-refractivity contribution in [3.63, 3.8) is 0 Å².